The van der Waals surface area contributed by atoms with Gasteiger partial charge in [0.25, 0.3) is 0 Å². The summed E-state index contributed by atoms with van der Waals surface area (Å²) < 4.78 is 4.96. The number of methoxy groups -OCH3 is 1. The minimum Gasteiger partial charge on any atom is -0.468 e. The molecule has 1 N–H and O–H groups in total. The van der Waals surface area contributed by atoms with Gasteiger partial charge in [-0.2, -0.15) is 0 Å². The number of hydrogen-bond donors (Lipinski definition) is 1. The number of ether oxygens (including phenoxy) is 1. The average molecular weight is 268 g/mol. The number of esters is 1. The van der Waals surface area contributed by atoms with Crippen LogP contribution >= 0.6 is 0 Å². The van der Waals surface area contributed by atoms with Gasteiger partial charge in [0.1, 0.15) is 5.54 Å². The maximum atomic E-state index is 11.9. The molecule has 110 valence electrons. The van der Waals surface area contributed by atoms with Crippen LogP contribution in [-0.4, -0.2) is 49.2 Å². The fraction of sp³-hybridized carbons (Fsp3) is 0.933. The number of rotatable bonds is 9. The zero-order chi connectivity index (χ0) is 13.9. The zero-order valence-corrected chi connectivity index (χ0v) is 12.6. The fourth-order valence-corrected chi connectivity index (χ4v) is 2.67. The van der Waals surface area contributed by atoms with E-state index in [1.54, 1.807) is 0 Å². The Kier molecular flexibility index (Phi) is 4.85. The Morgan fingerprint density at radius 3 is 2.53 bits per heavy atom. The van der Waals surface area contributed by atoms with Crippen LogP contribution in [-0.2, 0) is 9.53 Å². The molecule has 0 spiro atoms. The number of nitrogens with zero attached hydrogens (tertiary/aromatic N) is 1. The number of carbonyl (C=O) groups is 1. The van der Waals surface area contributed by atoms with E-state index in [-0.39, 0.29) is 5.97 Å². The van der Waals surface area contributed by atoms with E-state index >= 15 is 0 Å². The topological polar surface area (TPSA) is 41.6 Å². The third-order valence-corrected chi connectivity index (χ3v) is 4.34. The van der Waals surface area contributed by atoms with E-state index in [2.05, 4.69) is 17.3 Å². The van der Waals surface area contributed by atoms with Crippen LogP contribution in [0.4, 0.5) is 0 Å². The minimum atomic E-state index is -0.492. The molecule has 1 unspecified atom stereocenters. The van der Waals surface area contributed by atoms with Crippen molar-refractivity contribution in [3.8, 4) is 0 Å². The molecule has 2 saturated carbocycles. The highest BCUT2D eigenvalue weighted by Gasteiger charge is 2.38. The number of nitrogens with one attached hydrogen (secondary N) is 1. The van der Waals surface area contributed by atoms with Crippen molar-refractivity contribution < 1.29 is 9.53 Å². The van der Waals surface area contributed by atoms with Gasteiger partial charge in [-0.3, -0.25) is 10.1 Å². The number of unbranched alkanes of at least 4 members (excludes halogenated alkanes) is 1. The van der Waals surface area contributed by atoms with E-state index in [4.69, 9.17) is 4.74 Å². The molecule has 0 heterocycles. The highest BCUT2D eigenvalue weighted by atomic mass is 16.5. The van der Waals surface area contributed by atoms with Gasteiger partial charge in [-0.1, -0.05) is 0 Å². The predicted octanol–water partition coefficient (Wildman–Crippen LogP) is 1.93. The van der Waals surface area contributed by atoms with Crippen LogP contribution in [0.3, 0.4) is 0 Å². The molecule has 1 atom stereocenters. The highest BCUT2D eigenvalue weighted by molar-refractivity contribution is 5.80. The van der Waals surface area contributed by atoms with E-state index in [0.29, 0.717) is 6.04 Å². The summed E-state index contributed by atoms with van der Waals surface area (Å²) in [5.74, 6) is -0.116. The second-order valence-electron chi connectivity index (χ2n) is 6.41. The van der Waals surface area contributed by atoms with Crippen molar-refractivity contribution in [3.63, 3.8) is 0 Å². The minimum absolute atomic E-state index is 0.116. The standard InChI is InChI=1S/C15H28N2O2/c1-15(14(18)19-3,16-12-6-7-12)10-4-5-11-17(2)13-8-9-13/h12-13,16H,4-11H2,1-3H3. The molecule has 0 aromatic carbocycles. The second kappa shape index (κ2) is 6.23. The summed E-state index contributed by atoms with van der Waals surface area (Å²) in [6, 6.07) is 1.36. The number of hydrogen-bond acceptors (Lipinski definition) is 4. The molecule has 0 bridgehead atoms. The summed E-state index contributed by atoms with van der Waals surface area (Å²) >= 11 is 0. The van der Waals surface area contributed by atoms with Crippen molar-refractivity contribution >= 4 is 5.97 Å². The van der Waals surface area contributed by atoms with E-state index < -0.39 is 5.54 Å². The monoisotopic (exact) mass is 268 g/mol. The smallest absolute Gasteiger partial charge is 0.325 e. The van der Waals surface area contributed by atoms with Gasteiger partial charge in [0.15, 0.2) is 0 Å². The number of carbonyl (C=O) groups excluding carboxylic acids is 1. The molecule has 0 amide bonds. The molecule has 0 aromatic rings. The Morgan fingerprint density at radius 1 is 1.32 bits per heavy atom. The normalized spacial score (nSPS) is 22.3. The Bertz CT molecular complexity index is 313. The molecule has 2 fully saturated rings. The van der Waals surface area contributed by atoms with Crippen molar-refractivity contribution in [2.45, 2.75) is 69.5 Å². The summed E-state index contributed by atoms with van der Waals surface area (Å²) in [5, 5.41) is 3.45. The van der Waals surface area contributed by atoms with Gasteiger partial charge in [-0.05, 0) is 65.5 Å². The highest BCUT2D eigenvalue weighted by Crippen LogP contribution is 2.27. The fourth-order valence-electron chi connectivity index (χ4n) is 2.67. The summed E-state index contributed by atoms with van der Waals surface area (Å²) in [6.07, 6.45) is 8.20. The van der Waals surface area contributed by atoms with Gasteiger partial charge in [-0.15, -0.1) is 0 Å². The van der Waals surface area contributed by atoms with E-state index in [0.717, 1.165) is 31.8 Å². The van der Waals surface area contributed by atoms with Crippen LogP contribution in [0.5, 0.6) is 0 Å². The first kappa shape index (κ1) is 14.8. The van der Waals surface area contributed by atoms with Crippen LogP contribution in [0, 0.1) is 0 Å². The van der Waals surface area contributed by atoms with Gasteiger partial charge in [0, 0.05) is 12.1 Å². The lowest BCUT2D eigenvalue weighted by molar-refractivity contribution is -0.148. The van der Waals surface area contributed by atoms with Crippen LogP contribution < -0.4 is 5.32 Å². The Labute approximate surface area is 116 Å². The molecule has 0 radical (unpaired) electrons. The van der Waals surface area contributed by atoms with E-state index in [1.807, 2.05) is 6.92 Å². The second-order valence-corrected chi connectivity index (χ2v) is 6.41. The lowest BCUT2D eigenvalue weighted by atomic mass is 9.94. The SMILES string of the molecule is COC(=O)C(C)(CCCCN(C)C1CC1)NC1CC1. The molecular formula is C15H28N2O2. The van der Waals surface area contributed by atoms with Gasteiger partial charge < -0.3 is 9.64 Å². The lowest BCUT2D eigenvalue weighted by Crippen LogP contribution is -2.51. The molecular weight excluding hydrogens is 240 g/mol. The molecule has 2 aliphatic carbocycles. The first-order chi connectivity index (χ1) is 9.05. The third kappa shape index (κ3) is 4.46. The summed E-state index contributed by atoms with van der Waals surface area (Å²) in [4.78, 5) is 14.4. The molecule has 0 saturated heterocycles. The zero-order valence-electron chi connectivity index (χ0n) is 12.6. The van der Waals surface area contributed by atoms with Crippen molar-refractivity contribution in [1.82, 2.24) is 10.2 Å². The summed E-state index contributed by atoms with van der Waals surface area (Å²) in [5.41, 5.74) is -0.492. The lowest BCUT2D eigenvalue weighted by Gasteiger charge is -2.28. The molecule has 4 nitrogen and oxygen atoms in total. The first-order valence-electron chi connectivity index (χ1n) is 7.61. The molecule has 19 heavy (non-hydrogen) atoms. The van der Waals surface area contributed by atoms with Gasteiger partial charge in [-0.25, -0.2) is 0 Å². The molecule has 0 aromatic heterocycles. The Morgan fingerprint density at radius 2 is 2.00 bits per heavy atom. The van der Waals surface area contributed by atoms with Crippen molar-refractivity contribution in [1.29, 1.82) is 0 Å². The Balaban J connectivity index is 1.70. The van der Waals surface area contributed by atoms with Crippen LogP contribution in [0.2, 0.25) is 0 Å². The van der Waals surface area contributed by atoms with Crippen LogP contribution in [0.25, 0.3) is 0 Å². The van der Waals surface area contributed by atoms with Gasteiger partial charge in [0.05, 0.1) is 7.11 Å². The van der Waals surface area contributed by atoms with Crippen molar-refractivity contribution in [2.75, 3.05) is 20.7 Å². The summed E-state index contributed by atoms with van der Waals surface area (Å²) in [6.45, 7) is 3.13. The molecule has 0 aliphatic heterocycles. The van der Waals surface area contributed by atoms with Crippen molar-refractivity contribution in [2.24, 2.45) is 0 Å². The maximum absolute atomic E-state index is 11.9. The largest absolute Gasteiger partial charge is 0.468 e. The van der Waals surface area contributed by atoms with Crippen molar-refractivity contribution in [3.05, 3.63) is 0 Å². The maximum Gasteiger partial charge on any atom is 0.325 e. The summed E-state index contributed by atoms with van der Waals surface area (Å²) in [7, 11) is 3.69. The predicted molar refractivity (Wildman–Crippen MR) is 76.1 cm³/mol. The Hall–Kier alpha value is -0.610. The molecule has 2 aliphatic rings. The first-order valence-corrected chi connectivity index (χ1v) is 7.61. The quantitative estimate of drug-likeness (QED) is 0.512. The van der Waals surface area contributed by atoms with Crippen LogP contribution in [0.15, 0.2) is 0 Å². The average Bonchev–Trinajstić information content (AvgIpc) is 3.25. The van der Waals surface area contributed by atoms with E-state index in [9.17, 15) is 4.79 Å². The van der Waals surface area contributed by atoms with Crippen LogP contribution in [0.1, 0.15) is 51.9 Å². The van der Waals surface area contributed by atoms with E-state index in [1.165, 1.54) is 32.8 Å². The third-order valence-electron chi connectivity index (χ3n) is 4.34. The van der Waals surface area contributed by atoms with Gasteiger partial charge in [0.2, 0.25) is 0 Å². The molecule has 4 heteroatoms. The van der Waals surface area contributed by atoms with Gasteiger partial charge >= 0.3 is 5.97 Å². The molecule has 2 rings (SSSR count).